The van der Waals surface area contributed by atoms with Crippen LogP contribution in [0.2, 0.25) is 0 Å². The van der Waals surface area contributed by atoms with Gasteiger partial charge in [-0.05, 0) is 23.8 Å². The van der Waals surface area contributed by atoms with Gasteiger partial charge < -0.3 is 4.98 Å². The van der Waals surface area contributed by atoms with Gasteiger partial charge in [-0.15, -0.1) is 0 Å². The minimum Gasteiger partial charge on any atom is -0.338 e. The summed E-state index contributed by atoms with van der Waals surface area (Å²) < 4.78 is 23.7. The van der Waals surface area contributed by atoms with Gasteiger partial charge >= 0.3 is 0 Å². The molecule has 124 valence electrons. The van der Waals surface area contributed by atoms with Crippen molar-refractivity contribution < 1.29 is 8.42 Å². The third-order valence-corrected chi connectivity index (χ3v) is 5.00. The number of rotatable bonds is 3. The normalized spacial score (nSPS) is 11.7. The summed E-state index contributed by atoms with van der Waals surface area (Å²) in [5.41, 5.74) is 3.96. The van der Waals surface area contributed by atoms with Crippen molar-refractivity contribution in [1.82, 2.24) is 9.97 Å². The highest BCUT2D eigenvalue weighted by molar-refractivity contribution is 7.89. The Balaban J connectivity index is 1.86. The predicted octanol–water partition coefficient (Wildman–Crippen LogP) is 3.54. The fourth-order valence-corrected chi connectivity index (χ4v) is 3.62. The molecule has 0 atom stereocenters. The maximum Gasteiger partial charge on any atom is 0.238 e. The fraction of sp³-hybridized carbons (Fsp3) is 0. The van der Waals surface area contributed by atoms with Crippen molar-refractivity contribution in [1.29, 1.82) is 0 Å². The standard InChI is InChI=1S/C19H15N3O2S/c20-25(23,24)18-9-5-4-8-15(18)14-10-11-16-17(12-14)22-19(21-16)13-6-2-1-3-7-13/h1-12H,(H,21,22)(H2,20,23,24). The summed E-state index contributed by atoms with van der Waals surface area (Å²) in [5, 5.41) is 5.34. The Morgan fingerprint density at radius 3 is 2.32 bits per heavy atom. The SMILES string of the molecule is NS(=O)(=O)c1ccccc1-c1ccc2[nH]c(-c3ccccc3)nc2c1. The zero-order valence-corrected chi connectivity index (χ0v) is 14.0. The quantitative estimate of drug-likeness (QED) is 0.593. The molecular weight excluding hydrogens is 334 g/mol. The Labute approximate surface area is 145 Å². The second-order valence-corrected chi connectivity index (χ2v) is 7.25. The van der Waals surface area contributed by atoms with Gasteiger partial charge in [0, 0.05) is 11.1 Å². The van der Waals surface area contributed by atoms with E-state index in [4.69, 9.17) is 5.14 Å². The van der Waals surface area contributed by atoms with E-state index in [-0.39, 0.29) is 4.90 Å². The molecule has 0 spiro atoms. The molecule has 0 saturated carbocycles. The number of imidazole rings is 1. The first-order valence-electron chi connectivity index (χ1n) is 7.70. The van der Waals surface area contributed by atoms with Gasteiger partial charge in [0.2, 0.25) is 10.0 Å². The molecule has 0 unspecified atom stereocenters. The van der Waals surface area contributed by atoms with Crippen molar-refractivity contribution in [3.63, 3.8) is 0 Å². The highest BCUT2D eigenvalue weighted by atomic mass is 32.2. The molecule has 1 aromatic heterocycles. The van der Waals surface area contributed by atoms with Gasteiger partial charge in [-0.1, -0.05) is 54.6 Å². The number of sulfonamides is 1. The van der Waals surface area contributed by atoms with E-state index in [0.717, 1.165) is 28.0 Å². The van der Waals surface area contributed by atoms with E-state index in [1.807, 2.05) is 48.5 Å². The lowest BCUT2D eigenvalue weighted by atomic mass is 10.1. The number of nitrogens with one attached hydrogen (secondary N) is 1. The van der Waals surface area contributed by atoms with Crippen LogP contribution >= 0.6 is 0 Å². The maximum absolute atomic E-state index is 11.8. The Morgan fingerprint density at radius 1 is 0.840 bits per heavy atom. The van der Waals surface area contributed by atoms with Crippen LogP contribution in [0, 0.1) is 0 Å². The van der Waals surface area contributed by atoms with Gasteiger partial charge in [0.15, 0.2) is 0 Å². The molecule has 1 heterocycles. The predicted molar refractivity (Wildman–Crippen MR) is 98.3 cm³/mol. The molecule has 0 fully saturated rings. The molecule has 0 amide bonds. The second-order valence-electron chi connectivity index (χ2n) is 5.72. The van der Waals surface area contributed by atoms with Gasteiger partial charge in [0.25, 0.3) is 0 Å². The summed E-state index contributed by atoms with van der Waals surface area (Å²) in [6, 6.07) is 22.1. The van der Waals surface area contributed by atoms with E-state index in [1.165, 1.54) is 6.07 Å². The van der Waals surface area contributed by atoms with Crippen LogP contribution in [0.4, 0.5) is 0 Å². The molecule has 0 aliphatic heterocycles. The average molecular weight is 349 g/mol. The van der Waals surface area contributed by atoms with Crippen LogP contribution < -0.4 is 5.14 Å². The molecule has 0 radical (unpaired) electrons. The van der Waals surface area contributed by atoms with E-state index in [1.54, 1.807) is 18.2 Å². The average Bonchev–Trinajstić information content (AvgIpc) is 3.05. The molecule has 0 saturated heterocycles. The molecule has 6 heteroatoms. The van der Waals surface area contributed by atoms with Crippen LogP contribution in [-0.2, 0) is 10.0 Å². The maximum atomic E-state index is 11.8. The Kier molecular flexibility index (Phi) is 3.63. The van der Waals surface area contributed by atoms with Gasteiger partial charge in [0.1, 0.15) is 5.82 Å². The van der Waals surface area contributed by atoms with Gasteiger partial charge in [-0.2, -0.15) is 0 Å². The number of aromatic nitrogens is 2. The van der Waals surface area contributed by atoms with Crippen molar-refractivity contribution >= 4 is 21.1 Å². The monoisotopic (exact) mass is 349 g/mol. The smallest absolute Gasteiger partial charge is 0.238 e. The highest BCUT2D eigenvalue weighted by Gasteiger charge is 2.15. The first-order valence-corrected chi connectivity index (χ1v) is 9.24. The topological polar surface area (TPSA) is 88.8 Å². The number of primary sulfonamides is 1. The van der Waals surface area contributed by atoms with Crippen LogP contribution in [0.25, 0.3) is 33.5 Å². The molecule has 25 heavy (non-hydrogen) atoms. The van der Waals surface area contributed by atoms with Crippen molar-refractivity contribution in [2.24, 2.45) is 5.14 Å². The zero-order chi connectivity index (χ0) is 17.4. The lowest BCUT2D eigenvalue weighted by Crippen LogP contribution is -2.13. The number of aromatic amines is 1. The minimum absolute atomic E-state index is 0.105. The van der Waals surface area contributed by atoms with Gasteiger partial charge in [-0.3, -0.25) is 0 Å². The van der Waals surface area contributed by atoms with E-state index in [2.05, 4.69) is 9.97 Å². The van der Waals surface area contributed by atoms with E-state index in [0.29, 0.717) is 5.56 Å². The first-order chi connectivity index (χ1) is 12.0. The van der Waals surface area contributed by atoms with Crippen LogP contribution in [-0.4, -0.2) is 18.4 Å². The number of nitrogens with zero attached hydrogens (tertiary/aromatic N) is 1. The fourth-order valence-electron chi connectivity index (χ4n) is 2.86. The van der Waals surface area contributed by atoms with Crippen molar-refractivity contribution in [2.45, 2.75) is 4.90 Å². The molecule has 0 aliphatic rings. The molecular formula is C19H15N3O2S. The summed E-state index contributed by atoms with van der Waals surface area (Å²) in [5.74, 6) is 0.771. The molecule has 3 N–H and O–H groups in total. The highest BCUT2D eigenvalue weighted by Crippen LogP contribution is 2.29. The number of fused-ring (bicyclic) bond motifs is 1. The lowest BCUT2D eigenvalue weighted by Gasteiger charge is -2.07. The molecule has 4 aromatic rings. The molecule has 3 aromatic carbocycles. The molecule has 4 rings (SSSR count). The van der Waals surface area contributed by atoms with Crippen molar-refractivity contribution in [2.75, 3.05) is 0 Å². The third-order valence-electron chi connectivity index (χ3n) is 4.03. The summed E-state index contributed by atoms with van der Waals surface area (Å²) in [6.45, 7) is 0. The van der Waals surface area contributed by atoms with E-state index in [9.17, 15) is 8.42 Å². The van der Waals surface area contributed by atoms with Gasteiger partial charge in [-0.25, -0.2) is 18.5 Å². The zero-order valence-electron chi connectivity index (χ0n) is 13.2. The molecule has 0 aliphatic carbocycles. The van der Waals surface area contributed by atoms with Crippen LogP contribution in [0.5, 0.6) is 0 Å². The molecule has 5 nitrogen and oxygen atoms in total. The largest absolute Gasteiger partial charge is 0.338 e. The third kappa shape index (κ3) is 2.93. The second kappa shape index (κ2) is 5.84. The summed E-state index contributed by atoms with van der Waals surface area (Å²) in [6.07, 6.45) is 0. The van der Waals surface area contributed by atoms with Gasteiger partial charge in [0.05, 0.1) is 15.9 Å². The Bertz CT molecular complexity index is 1170. The summed E-state index contributed by atoms with van der Waals surface area (Å²) in [7, 11) is -3.80. The van der Waals surface area contributed by atoms with Crippen LogP contribution in [0.1, 0.15) is 0 Å². The van der Waals surface area contributed by atoms with Crippen LogP contribution in [0.15, 0.2) is 77.7 Å². The Morgan fingerprint density at radius 2 is 1.56 bits per heavy atom. The number of benzene rings is 3. The Hall–Kier alpha value is -2.96. The number of H-pyrrole nitrogens is 1. The minimum atomic E-state index is -3.80. The summed E-state index contributed by atoms with van der Waals surface area (Å²) >= 11 is 0. The first kappa shape index (κ1) is 15.6. The van der Waals surface area contributed by atoms with Crippen molar-refractivity contribution in [3.8, 4) is 22.5 Å². The summed E-state index contributed by atoms with van der Waals surface area (Å²) in [4.78, 5) is 8.01. The van der Waals surface area contributed by atoms with E-state index < -0.39 is 10.0 Å². The van der Waals surface area contributed by atoms with Crippen LogP contribution in [0.3, 0.4) is 0 Å². The lowest BCUT2D eigenvalue weighted by molar-refractivity contribution is 0.598. The van der Waals surface area contributed by atoms with E-state index >= 15 is 0 Å². The number of hydrogen-bond acceptors (Lipinski definition) is 3. The number of nitrogens with two attached hydrogens (primary N) is 1. The molecule has 0 bridgehead atoms. The number of hydrogen-bond donors (Lipinski definition) is 2. The van der Waals surface area contributed by atoms with Crippen molar-refractivity contribution in [3.05, 3.63) is 72.8 Å².